The normalized spacial score (nSPS) is 16.4. The fourth-order valence-corrected chi connectivity index (χ4v) is 1.08. The lowest BCUT2D eigenvalue weighted by molar-refractivity contribution is 0.566. The number of nitrogens with zero attached hydrogens (tertiary/aromatic N) is 1. The molecule has 0 bridgehead atoms. The Balaban J connectivity index is 3.07. The first kappa shape index (κ1) is 8.70. The summed E-state index contributed by atoms with van der Waals surface area (Å²) in [5, 5.41) is 1.99. The second-order valence-corrected chi connectivity index (χ2v) is 4.03. The first-order valence-electron chi connectivity index (χ1n) is 2.92. The standard InChI is InChI=1S/C6H5N2O3S/c1-12(10,11)6-7-3-2-5(4-9)8-6/h2H,1H3,(H,7,8). The minimum atomic E-state index is -3.41. The smallest absolute Gasteiger partial charge is 0.226 e. The molecule has 1 N–H and O–H groups in total. The summed E-state index contributed by atoms with van der Waals surface area (Å²) < 4.78 is 21.7. The number of aliphatic imine (C=N–C) groups is 1. The van der Waals surface area contributed by atoms with Crippen LogP contribution in [0.2, 0.25) is 0 Å². The van der Waals surface area contributed by atoms with Crippen LogP contribution in [0.15, 0.2) is 16.8 Å². The van der Waals surface area contributed by atoms with E-state index in [2.05, 4.69) is 16.5 Å². The lowest BCUT2D eigenvalue weighted by Crippen LogP contribution is -2.31. The zero-order valence-corrected chi connectivity index (χ0v) is 6.97. The van der Waals surface area contributed by atoms with Crippen molar-refractivity contribution >= 4 is 20.9 Å². The van der Waals surface area contributed by atoms with Crippen molar-refractivity contribution in [3.8, 4) is 0 Å². The number of nitrogens with one attached hydrogen (secondary N) is 1. The molecule has 0 aromatic heterocycles. The maximum absolute atomic E-state index is 10.9. The third-order valence-corrected chi connectivity index (χ3v) is 1.97. The fourth-order valence-electron chi connectivity index (χ4n) is 0.565. The molecule has 0 fully saturated rings. The Morgan fingerprint density at radius 3 is 2.83 bits per heavy atom. The van der Waals surface area contributed by atoms with Gasteiger partial charge in [-0.15, -0.1) is 0 Å². The highest BCUT2D eigenvalue weighted by Crippen LogP contribution is 1.98. The Kier molecular flexibility index (Phi) is 2.12. The molecule has 0 aromatic rings. The van der Waals surface area contributed by atoms with E-state index in [0.29, 0.717) is 0 Å². The van der Waals surface area contributed by atoms with Crippen LogP contribution in [0.25, 0.3) is 0 Å². The molecule has 63 valence electrons. The van der Waals surface area contributed by atoms with Gasteiger partial charge in [-0.1, -0.05) is 0 Å². The van der Waals surface area contributed by atoms with Gasteiger partial charge in [0.15, 0.2) is 5.94 Å². The molecule has 0 amide bonds. The van der Waals surface area contributed by atoms with Crippen LogP contribution < -0.4 is 5.32 Å². The van der Waals surface area contributed by atoms with E-state index in [-0.39, 0.29) is 10.9 Å². The van der Waals surface area contributed by atoms with E-state index in [1.807, 2.05) is 0 Å². The molecule has 1 aliphatic rings. The molecule has 1 aliphatic heterocycles. The van der Waals surface area contributed by atoms with Crippen LogP contribution in [-0.2, 0) is 14.6 Å². The SMILES string of the molecule is CS(=O)(=O)C1=N[C]=CC(=C=O)N1. The van der Waals surface area contributed by atoms with Crippen LogP contribution in [0.4, 0.5) is 0 Å². The maximum Gasteiger partial charge on any atom is 0.226 e. The Labute approximate surface area is 69.4 Å². The summed E-state index contributed by atoms with van der Waals surface area (Å²) in [6.07, 6.45) is 4.45. The lowest BCUT2D eigenvalue weighted by Gasteiger charge is -2.07. The molecule has 0 saturated carbocycles. The second-order valence-electron chi connectivity index (χ2n) is 2.10. The molecule has 0 atom stereocenters. The van der Waals surface area contributed by atoms with Crippen LogP contribution in [-0.4, -0.2) is 25.8 Å². The molecule has 6 heteroatoms. The number of rotatable bonds is 0. The van der Waals surface area contributed by atoms with Crippen molar-refractivity contribution in [2.45, 2.75) is 0 Å². The average molecular weight is 185 g/mol. The van der Waals surface area contributed by atoms with Gasteiger partial charge in [0.1, 0.15) is 5.70 Å². The summed E-state index contributed by atoms with van der Waals surface area (Å²) in [6, 6.07) is 0. The van der Waals surface area contributed by atoms with Crippen LogP contribution in [0, 0.1) is 6.20 Å². The molecular weight excluding hydrogens is 180 g/mol. The fraction of sp³-hybridized carbons (Fsp3) is 0.167. The van der Waals surface area contributed by atoms with E-state index in [1.54, 1.807) is 0 Å². The van der Waals surface area contributed by atoms with Crippen LogP contribution in [0.1, 0.15) is 0 Å². The molecule has 0 aliphatic carbocycles. The van der Waals surface area contributed by atoms with E-state index in [0.717, 1.165) is 6.26 Å². The van der Waals surface area contributed by atoms with Crippen molar-refractivity contribution in [1.82, 2.24) is 5.32 Å². The summed E-state index contributed by atoms with van der Waals surface area (Å²) >= 11 is 0. The number of amidine groups is 1. The second kappa shape index (κ2) is 2.92. The van der Waals surface area contributed by atoms with E-state index < -0.39 is 9.84 Å². The Morgan fingerprint density at radius 1 is 1.67 bits per heavy atom. The molecule has 1 rings (SSSR count). The highest BCUT2D eigenvalue weighted by molar-refractivity contribution is 8.05. The van der Waals surface area contributed by atoms with E-state index >= 15 is 0 Å². The summed E-state index contributed by atoms with van der Waals surface area (Å²) in [4.78, 5) is 13.5. The van der Waals surface area contributed by atoms with Gasteiger partial charge in [-0.05, 0) is 0 Å². The number of sulfone groups is 1. The summed E-state index contributed by atoms with van der Waals surface area (Å²) in [5.41, 5.74) is 0.00502. The minimum absolute atomic E-state index is 0.00502. The monoisotopic (exact) mass is 185 g/mol. The van der Waals surface area contributed by atoms with Gasteiger partial charge in [0.25, 0.3) is 0 Å². The predicted molar refractivity (Wildman–Crippen MR) is 42.4 cm³/mol. The van der Waals surface area contributed by atoms with Gasteiger partial charge < -0.3 is 5.32 Å². The Bertz CT molecular complexity index is 399. The van der Waals surface area contributed by atoms with E-state index in [4.69, 9.17) is 0 Å². The zero-order chi connectivity index (χ0) is 9.19. The minimum Gasteiger partial charge on any atom is -0.321 e. The van der Waals surface area contributed by atoms with Crippen molar-refractivity contribution in [3.05, 3.63) is 18.0 Å². The number of allylic oxidation sites excluding steroid dienone is 1. The molecule has 0 aromatic carbocycles. The number of hydrogen-bond acceptors (Lipinski definition) is 5. The van der Waals surface area contributed by atoms with Gasteiger partial charge in [0.2, 0.25) is 15.0 Å². The maximum atomic E-state index is 10.9. The topological polar surface area (TPSA) is 75.6 Å². The van der Waals surface area contributed by atoms with Gasteiger partial charge in [-0.3, -0.25) is 0 Å². The highest BCUT2D eigenvalue weighted by atomic mass is 32.2. The van der Waals surface area contributed by atoms with Gasteiger partial charge in [0.05, 0.1) is 6.20 Å². The average Bonchev–Trinajstić information content (AvgIpc) is 2.03. The quantitative estimate of drug-likeness (QED) is 0.492. The number of carbonyl (C=O) groups excluding carboxylic acids is 1. The molecular formula is C6H5N2O3S. The predicted octanol–water partition coefficient (Wildman–Crippen LogP) is -0.977. The van der Waals surface area contributed by atoms with E-state index in [9.17, 15) is 13.2 Å². The van der Waals surface area contributed by atoms with Gasteiger partial charge >= 0.3 is 0 Å². The summed E-state index contributed by atoms with van der Waals surface area (Å²) in [5.74, 6) is 1.50. The molecule has 0 unspecified atom stereocenters. The third-order valence-electron chi connectivity index (χ3n) is 1.08. The Hall–Kier alpha value is -1.39. The first-order valence-corrected chi connectivity index (χ1v) is 4.82. The highest BCUT2D eigenvalue weighted by Gasteiger charge is 2.15. The molecule has 1 heterocycles. The van der Waals surface area contributed by atoms with Crippen LogP contribution in [0.3, 0.4) is 0 Å². The van der Waals surface area contributed by atoms with Gasteiger partial charge in [-0.25, -0.2) is 18.2 Å². The van der Waals surface area contributed by atoms with Crippen LogP contribution >= 0.6 is 0 Å². The van der Waals surface area contributed by atoms with Crippen LogP contribution in [0.5, 0.6) is 0 Å². The van der Waals surface area contributed by atoms with Crippen molar-refractivity contribution in [3.63, 3.8) is 0 Å². The molecule has 5 nitrogen and oxygen atoms in total. The summed E-state index contributed by atoms with van der Waals surface area (Å²) in [6.45, 7) is 0. The summed E-state index contributed by atoms with van der Waals surface area (Å²) in [7, 11) is -3.41. The molecule has 12 heavy (non-hydrogen) atoms. The van der Waals surface area contributed by atoms with Crippen molar-refractivity contribution < 1.29 is 13.2 Å². The lowest BCUT2D eigenvalue weighted by atomic mass is 10.4. The number of hydrogen-bond donors (Lipinski definition) is 1. The largest absolute Gasteiger partial charge is 0.321 e. The van der Waals surface area contributed by atoms with Crippen molar-refractivity contribution in [1.29, 1.82) is 0 Å². The molecule has 0 saturated heterocycles. The van der Waals surface area contributed by atoms with Gasteiger partial charge in [-0.2, -0.15) is 0 Å². The third kappa shape index (κ3) is 1.81. The van der Waals surface area contributed by atoms with Crippen molar-refractivity contribution in [2.75, 3.05) is 6.26 Å². The Morgan fingerprint density at radius 2 is 2.33 bits per heavy atom. The van der Waals surface area contributed by atoms with E-state index in [1.165, 1.54) is 12.0 Å². The van der Waals surface area contributed by atoms with Crippen molar-refractivity contribution in [2.24, 2.45) is 4.99 Å². The molecule has 1 radical (unpaired) electrons. The van der Waals surface area contributed by atoms with Gasteiger partial charge in [0, 0.05) is 12.3 Å². The molecule has 0 spiro atoms. The first-order chi connectivity index (χ1) is 5.54. The zero-order valence-electron chi connectivity index (χ0n) is 6.16.